The van der Waals surface area contributed by atoms with E-state index in [-0.39, 0.29) is 12.5 Å². The van der Waals surface area contributed by atoms with Crippen molar-refractivity contribution in [1.29, 1.82) is 0 Å². The molecular formula is C14H19ClN2O3. The Kier molecular flexibility index (Phi) is 7.50. The van der Waals surface area contributed by atoms with Crippen LogP contribution in [0, 0.1) is 0 Å². The van der Waals surface area contributed by atoms with E-state index in [1.807, 2.05) is 24.3 Å². The van der Waals surface area contributed by atoms with Gasteiger partial charge in [0.1, 0.15) is 0 Å². The molecule has 110 valence electrons. The number of rotatable bonds is 8. The van der Waals surface area contributed by atoms with Crippen molar-refractivity contribution in [3.05, 3.63) is 35.4 Å². The SMILES string of the molecule is NC(=O)OCCCNC(=O)CCc1ccc(CCl)cc1. The fraction of sp³-hybridized carbons (Fsp3) is 0.429. The third kappa shape index (κ3) is 6.99. The van der Waals surface area contributed by atoms with Crippen LogP contribution in [-0.2, 0) is 21.8 Å². The van der Waals surface area contributed by atoms with E-state index >= 15 is 0 Å². The summed E-state index contributed by atoms with van der Waals surface area (Å²) in [6.07, 6.45) is 0.874. The lowest BCUT2D eigenvalue weighted by Crippen LogP contribution is -2.26. The minimum atomic E-state index is -0.795. The first-order valence-electron chi connectivity index (χ1n) is 6.44. The van der Waals surface area contributed by atoms with Crippen molar-refractivity contribution in [2.45, 2.75) is 25.1 Å². The molecule has 0 aromatic heterocycles. The van der Waals surface area contributed by atoms with Gasteiger partial charge in [-0.05, 0) is 24.0 Å². The fourth-order valence-electron chi connectivity index (χ4n) is 1.61. The first kappa shape index (κ1) is 16.3. The van der Waals surface area contributed by atoms with E-state index in [1.165, 1.54) is 0 Å². The number of nitrogens with one attached hydrogen (secondary N) is 1. The minimum Gasteiger partial charge on any atom is -0.450 e. The van der Waals surface area contributed by atoms with Crippen molar-refractivity contribution in [2.24, 2.45) is 5.73 Å². The van der Waals surface area contributed by atoms with Crippen LogP contribution in [0.4, 0.5) is 4.79 Å². The van der Waals surface area contributed by atoms with Crippen LogP contribution in [0.3, 0.4) is 0 Å². The first-order valence-corrected chi connectivity index (χ1v) is 6.98. The minimum absolute atomic E-state index is 0.0227. The molecule has 20 heavy (non-hydrogen) atoms. The van der Waals surface area contributed by atoms with Crippen molar-refractivity contribution in [3.63, 3.8) is 0 Å². The molecule has 0 aliphatic heterocycles. The van der Waals surface area contributed by atoms with E-state index in [1.54, 1.807) is 0 Å². The maximum absolute atomic E-state index is 11.6. The Bertz CT molecular complexity index is 435. The van der Waals surface area contributed by atoms with Gasteiger partial charge in [0.15, 0.2) is 0 Å². The number of primary amides is 1. The lowest BCUT2D eigenvalue weighted by molar-refractivity contribution is -0.121. The number of carbonyl (C=O) groups is 2. The van der Waals surface area contributed by atoms with Gasteiger partial charge in [-0.15, -0.1) is 11.6 Å². The van der Waals surface area contributed by atoms with Gasteiger partial charge in [0, 0.05) is 18.8 Å². The molecule has 0 aliphatic carbocycles. The highest BCUT2D eigenvalue weighted by atomic mass is 35.5. The van der Waals surface area contributed by atoms with Crippen molar-refractivity contribution in [3.8, 4) is 0 Å². The molecule has 0 aliphatic rings. The number of amides is 2. The number of halogens is 1. The van der Waals surface area contributed by atoms with Gasteiger partial charge in [-0.2, -0.15) is 0 Å². The van der Waals surface area contributed by atoms with Crippen molar-refractivity contribution >= 4 is 23.6 Å². The third-order valence-corrected chi connectivity index (χ3v) is 3.01. The Hall–Kier alpha value is -1.75. The number of hydrogen-bond donors (Lipinski definition) is 2. The molecule has 3 N–H and O–H groups in total. The highest BCUT2D eigenvalue weighted by Gasteiger charge is 2.02. The van der Waals surface area contributed by atoms with Crippen LogP contribution < -0.4 is 11.1 Å². The Labute approximate surface area is 123 Å². The number of ether oxygens (including phenoxy) is 1. The zero-order valence-electron chi connectivity index (χ0n) is 11.2. The normalized spacial score (nSPS) is 10.1. The Balaban J connectivity index is 2.14. The summed E-state index contributed by atoms with van der Waals surface area (Å²) in [6.45, 7) is 0.687. The topological polar surface area (TPSA) is 81.4 Å². The summed E-state index contributed by atoms with van der Waals surface area (Å²) in [4.78, 5) is 21.9. The smallest absolute Gasteiger partial charge is 0.404 e. The van der Waals surface area contributed by atoms with Gasteiger partial charge in [-0.1, -0.05) is 24.3 Å². The largest absolute Gasteiger partial charge is 0.450 e. The van der Waals surface area contributed by atoms with Crippen LogP contribution in [0.15, 0.2) is 24.3 Å². The van der Waals surface area contributed by atoms with Gasteiger partial charge < -0.3 is 15.8 Å². The second-order valence-electron chi connectivity index (χ2n) is 4.32. The zero-order valence-corrected chi connectivity index (χ0v) is 12.0. The van der Waals surface area contributed by atoms with Crippen LogP contribution in [0.25, 0.3) is 0 Å². The maximum Gasteiger partial charge on any atom is 0.404 e. The van der Waals surface area contributed by atoms with Crippen LogP contribution >= 0.6 is 11.6 Å². The first-order chi connectivity index (χ1) is 9.61. The lowest BCUT2D eigenvalue weighted by atomic mass is 10.1. The third-order valence-electron chi connectivity index (χ3n) is 2.71. The van der Waals surface area contributed by atoms with Crippen LogP contribution in [0.5, 0.6) is 0 Å². The molecule has 1 aromatic carbocycles. The standard InChI is InChI=1S/C14H19ClN2O3/c15-10-12-4-2-11(3-5-12)6-7-13(18)17-8-1-9-20-14(16)19/h2-5H,1,6-10H2,(H2,16,19)(H,17,18). The summed E-state index contributed by atoms with van der Waals surface area (Å²) in [5, 5.41) is 2.76. The highest BCUT2D eigenvalue weighted by molar-refractivity contribution is 6.17. The molecule has 5 nitrogen and oxygen atoms in total. The zero-order chi connectivity index (χ0) is 14.8. The van der Waals surface area contributed by atoms with E-state index in [4.69, 9.17) is 17.3 Å². The van der Waals surface area contributed by atoms with Gasteiger partial charge >= 0.3 is 6.09 Å². The van der Waals surface area contributed by atoms with E-state index in [0.717, 1.165) is 11.1 Å². The van der Waals surface area contributed by atoms with Crippen LogP contribution in [0.2, 0.25) is 0 Å². The van der Waals surface area contributed by atoms with Gasteiger partial charge in [0.25, 0.3) is 0 Å². The van der Waals surface area contributed by atoms with Crippen molar-refractivity contribution in [1.82, 2.24) is 5.32 Å². The number of hydrogen-bond acceptors (Lipinski definition) is 3. The quantitative estimate of drug-likeness (QED) is 0.568. The summed E-state index contributed by atoms with van der Waals surface area (Å²) < 4.78 is 4.55. The monoisotopic (exact) mass is 298 g/mol. The molecule has 1 aromatic rings. The summed E-state index contributed by atoms with van der Waals surface area (Å²) in [5.74, 6) is 0.471. The van der Waals surface area contributed by atoms with Gasteiger partial charge in [-0.25, -0.2) is 4.79 Å². The Morgan fingerprint density at radius 3 is 2.45 bits per heavy atom. The van der Waals surface area contributed by atoms with E-state index in [9.17, 15) is 9.59 Å². The highest BCUT2D eigenvalue weighted by Crippen LogP contribution is 2.08. The van der Waals surface area contributed by atoms with Gasteiger partial charge in [-0.3, -0.25) is 4.79 Å². The number of benzene rings is 1. The molecule has 0 saturated carbocycles. The second kappa shape index (κ2) is 9.20. The molecule has 0 fully saturated rings. The second-order valence-corrected chi connectivity index (χ2v) is 4.59. The number of nitrogens with two attached hydrogens (primary N) is 1. The molecule has 0 unspecified atom stereocenters. The molecule has 2 amide bonds. The summed E-state index contributed by atoms with van der Waals surface area (Å²) in [7, 11) is 0. The molecule has 0 bridgehead atoms. The number of aryl methyl sites for hydroxylation is 1. The van der Waals surface area contributed by atoms with Gasteiger partial charge in [0.05, 0.1) is 6.61 Å². The molecule has 0 spiro atoms. The molecule has 0 heterocycles. The molecule has 0 saturated heterocycles. The summed E-state index contributed by atoms with van der Waals surface area (Å²) in [5.41, 5.74) is 6.98. The van der Waals surface area contributed by atoms with Crippen LogP contribution in [0.1, 0.15) is 24.0 Å². The molecule has 0 radical (unpaired) electrons. The Morgan fingerprint density at radius 2 is 1.85 bits per heavy atom. The maximum atomic E-state index is 11.6. The average molecular weight is 299 g/mol. The summed E-state index contributed by atoms with van der Waals surface area (Å²) >= 11 is 5.71. The van der Waals surface area contributed by atoms with Crippen molar-refractivity contribution in [2.75, 3.05) is 13.2 Å². The number of carbonyl (C=O) groups excluding carboxylic acids is 2. The predicted octanol–water partition coefficient (Wildman–Crippen LogP) is 1.96. The lowest BCUT2D eigenvalue weighted by Gasteiger charge is -2.06. The van der Waals surface area contributed by atoms with Crippen molar-refractivity contribution < 1.29 is 14.3 Å². The average Bonchev–Trinajstić information content (AvgIpc) is 2.45. The van der Waals surface area contributed by atoms with Gasteiger partial charge in [0.2, 0.25) is 5.91 Å². The molecule has 0 atom stereocenters. The fourth-order valence-corrected chi connectivity index (χ4v) is 1.79. The molecule has 1 rings (SSSR count). The molecular weight excluding hydrogens is 280 g/mol. The number of alkyl halides is 1. The predicted molar refractivity (Wildman–Crippen MR) is 77.5 cm³/mol. The Morgan fingerprint density at radius 1 is 1.20 bits per heavy atom. The van der Waals surface area contributed by atoms with Crippen LogP contribution in [-0.4, -0.2) is 25.2 Å². The van der Waals surface area contributed by atoms with E-state index < -0.39 is 6.09 Å². The summed E-state index contributed by atoms with van der Waals surface area (Å²) in [6, 6.07) is 7.88. The van der Waals surface area contributed by atoms with E-state index in [0.29, 0.717) is 31.7 Å². The van der Waals surface area contributed by atoms with E-state index in [2.05, 4.69) is 10.1 Å². The molecule has 6 heteroatoms.